The maximum atomic E-state index is 12.4. The Kier molecular flexibility index (Phi) is 5.89. The molecule has 25 heavy (non-hydrogen) atoms. The minimum absolute atomic E-state index is 0.113. The molecule has 134 valence electrons. The summed E-state index contributed by atoms with van der Waals surface area (Å²) in [6, 6.07) is 11.6. The van der Waals surface area contributed by atoms with E-state index >= 15 is 0 Å². The Balaban J connectivity index is 2.11. The molecular formula is C17H22N3O4S+. The van der Waals surface area contributed by atoms with E-state index in [2.05, 4.69) is 18.8 Å². The molecule has 0 unspecified atom stereocenters. The van der Waals surface area contributed by atoms with Crippen LogP contribution < -0.4 is 9.62 Å². The van der Waals surface area contributed by atoms with Crippen molar-refractivity contribution in [3.05, 3.63) is 69.3 Å². The highest BCUT2D eigenvalue weighted by Gasteiger charge is 2.19. The lowest BCUT2D eigenvalue weighted by atomic mass is 10.1. The highest BCUT2D eigenvalue weighted by molar-refractivity contribution is 7.89. The summed E-state index contributed by atoms with van der Waals surface area (Å²) in [5.41, 5.74) is 2.20. The Bertz CT molecular complexity index is 862. The largest absolute Gasteiger partial charge is 0.336 e. The summed E-state index contributed by atoms with van der Waals surface area (Å²) in [6.07, 6.45) is 0. The minimum Gasteiger partial charge on any atom is -0.336 e. The van der Waals surface area contributed by atoms with E-state index in [1.165, 1.54) is 22.6 Å². The van der Waals surface area contributed by atoms with Gasteiger partial charge in [0.1, 0.15) is 6.54 Å². The van der Waals surface area contributed by atoms with Gasteiger partial charge in [-0.15, -0.1) is 0 Å². The van der Waals surface area contributed by atoms with E-state index in [4.69, 9.17) is 0 Å². The van der Waals surface area contributed by atoms with Gasteiger partial charge in [0.05, 0.1) is 23.9 Å². The van der Waals surface area contributed by atoms with E-state index in [1.807, 2.05) is 24.3 Å². The first-order valence-electron chi connectivity index (χ1n) is 7.80. The molecule has 0 heterocycles. The number of quaternary nitrogens is 1. The predicted octanol–water partition coefficient (Wildman–Crippen LogP) is 1.03. The van der Waals surface area contributed by atoms with Gasteiger partial charge in [-0.2, -0.15) is 0 Å². The third kappa shape index (κ3) is 5.09. The summed E-state index contributed by atoms with van der Waals surface area (Å²) >= 11 is 0. The Morgan fingerprint density at radius 1 is 1.08 bits per heavy atom. The SMILES string of the molecule is Cc1ccc(S(=O)(=O)NCc2ccc(C[NH+](C)C)cc2)cc1[N+](=O)[O-]. The van der Waals surface area contributed by atoms with Crippen molar-refractivity contribution in [1.82, 2.24) is 4.72 Å². The van der Waals surface area contributed by atoms with E-state index in [1.54, 1.807) is 6.92 Å². The quantitative estimate of drug-likeness (QED) is 0.567. The van der Waals surface area contributed by atoms with Crippen molar-refractivity contribution < 1.29 is 18.2 Å². The lowest BCUT2D eigenvalue weighted by Crippen LogP contribution is -3.04. The van der Waals surface area contributed by atoms with Crippen LogP contribution in [0.4, 0.5) is 5.69 Å². The lowest BCUT2D eigenvalue weighted by molar-refractivity contribution is -0.872. The summed E-state index contributed by atoms with van der Waals surface area (Å²) in [6.45, 7) is 2.58. The molecule has 0 atom stereocenters. The zero-order valence-corrected chi connectivity index (χ0v) is 15.3. The van der Waals surface area contributed by atoms with Crippen molar-refractivity contribution in [1.29, 1.82) is 0 Å². The second-order valence-electron chi connectivity index (χ2n) is 6.23. The van der Waals surface area contributed by atoms with Crippen LogP contribution >= 0.6 is 0 Å². The molecule has 0 spiro atoms. The van der Waals surface area contributed by atoms with Gasteiger partial charge in [-0.05, 0) is 18.6 Å². The van der Waals surface area contributed by atoms with Crippen LogP contribution in [-0.2, 0) is 23.1 Å². The average Bonchev–Trinajstić information content (AvgIpc) is 2.53. The topological polar surface area (TPSA) is 93.8 Å². The molecule has 0 fully saturated rings. The number of sulfonamides is 1. The first-order valence-corrected chi connectivity index (χ1v) is 9.29. The molecule has 0 bridgehead atoms. The highest BCUT2D eigenvalue weighted by atomic mass is 32.2. The van der Waals surface area contributed by atoms with E-state index < -0.39 is 14.9 Å². The molecule has 0 saturated heterocycles. The molecule has 2 N–H and O–H groups in total. The van der Waals surface area contributed by atoms with Crippen molar-refractivity contribution >= 4 is 15.7 Å². The number of rotatable bonds is 7. The maximum Gasteiger partial charge on any atom is 0.273 e. The van der Waals surface area contributed by atoms with Crippen LogP contribution in [0.3, 0.4) is 0 Å². The predicted molar refractivity (Wildman–Crippen MR) is 94.8 cm³/mol. The summed E-state index contributed by atoms with van der Waals surface area (Å²) in [5.74, 6) is 0. The molecular weight excluding hydrogens is 342 g/mol. The standard InChI is InChI=1S/C17H21N3O4S/c1-13-4-9-16(10-17(13)20(21)22)25(23,24)18-11-14-5-7-15(8-6-14)12-19(2)3/h4-10,18H,11-12H2,1-3H3/p+1. The van der Waals surface area contributed by atoms with Gasteiger partial charge >= 0.3 is 0 Å². The van der Waals surface area contributed by atoms with Gasteiger partial charge < -0.3 is 4.90 Å². The minimum atomic E-state index is -3.82. The summed E-state index contributed by atoms with van der Waals surface area (Å²) in [5, 5.41) is 11.0. The zero-order valence-electron chi connectivity index (χ0n) is 14.4. The average molecular weight is 364 g/mol. The van der Waals surface area contributed by atoms with Gasteiger partial charge in [-0.25, -0.2) is 13.1 Å². The number of hydrogen-bond donors (Lipinski definition) is 2. The van der Waals surface area contributed by atoms with Crippen LogP contribution in [0.2, 0.25) is 0 Å². The number of nitro benzene ring substituents is 1. The molecule has 2 rings (SSSR count). The Labute approximate surface area is 147 Å². The van der Waals surface area contributed by atoms with Crippen LogP contribution in [0.25, 0.3) is 0 Å². The Morgan fingerprint density at radius 2 is 1.68 bits per heavy atom. The highest BCUT2D eigenvalue weighted by Crippen LogP contribution is 2.22. The van der Waals surface area contributed by atoms with Gasteiger partial charge in [0.25, 0.3) is 5.69 Å². The monoisotopic (exact) mass is 364 g/mol. The summed E-state index contributed by atoms with van der Waals surface area (Å²) < 4.78 is 27.2. The molecule has 8 heteroatoms. The van der Waals surface area contributed by atoms with E-state index in [0.717, 1.165) is 18.2 Å². The summed E-state index contributed by atoms with van der Waals surface area (Å²) in [4.78, 5) is 11.6. The molecule has 0 radical (unpaired) electrons. The van der Waals surface area contributed by atoms with Crippen LogP contribution in [0.5, 0.6) is 0 Å². The van der Waals surface area contributed by atoms with Gasteiger partial charge in [0.2, 0.25) is 10.0 Å². The zero-order chi connectivity index (χ0) is 18.6. The number of nitro groups is 1. The van der Waals surface area contributed by atoms with Crippen molar-refractivity contribution in [3.8, 4) is 0 Å². The van der Waals surface area contributed by atoms with Gasteiger partial charge in [-0.3, -0.25) is 10.1 Å². The molecule has 0 aliphatic rings. The number of nitrogens with zero attached hydrogens (tertiary/aromatic N) is 1. The van der Waals surface area contributed by atoms with E-state index in [9.17, 15) is 18.5 Å². The smallest absolute Gasteiger partial charge is 0.273 e. The van der Waals surface area contributed by atoms with Crippen molar-refractivity contribution in [2.24, 2.45) is 0 Å². The Hall–Kier alpha value is -2.29. The molecule has 0 aliphatic carbocycles. The molecule has 2 aromatic rings. The van der Waals surface area contributed by atoms with Gasteiger partial charge in [0.15, 0.2) is 0 Å². The first-order chi connectivity index (χ1) is 11.7. The van der Waals surface area contributed by atoms with Crippen molar-refractivity contribution in [2.75, 3.05) is 14.1 Å². The number of nitrogens with one attached hydrogen (secondary N) is 2. The fourth-order valence-corrected chi connectivity index (χ4v) is 3.44. The lowest BCUT2D eigenvalue weighted by Gasteiger charge is -2.09. The van der Waals surface area contributed by atoms with Crippen LogP contribution in [-0.4, -0.2) is 27.4 Å². The fraction of sp³-hybridized carbons (Fsp3) is 0.294. The molecule has 0 aliphatic heterocycles. The van der Waals surface area contributed by atoms with Gasteiger partial charge in [-0.1, -0.05) is 30.3 Å². The van der Waals surface area contributed by atoms with Gasteiger partial charge in [0, 0.05) is 23.7 Å². The normalized spacial score (nSPS) is 11.7. The fourth-order valence-electron chi connectivity index (χ4n) is 2.40. The van der Waals surface area contributed by atoms with Crippen molar-refractivity contribution in [3.63, 3.8) is 0 Å². The number of aryl methyl sites for hydroxylation is 1. The molecule has 2 aromatic carbocycles. The second-order valence-corrected chi connectivity index (χ2v) is 8.00. The molecule has 0 aromatic heterocycles. The molecule has 7 nitrogen and oxygen atoms in total. The number of hydrogen-bond acceptors (Lipinski definition) is 4. The molecule has 0 amide bonds. The molecule has 0 saturated carbocycles. The van der Waals surface area contributed by atoms with E-state index in [-0.39, 0.29) is 17.1 Å². The summed E-state index contributed by atoms with van der Waals surface area (Å²) in [7, 11) is 0.298. The first kappa shape index (κ1) is 19.0. The third-order valence-corrected chi connectivity index (χ3v) is 5.13. The number of benzene rings is 2. The second kappa shape index (κ2) is 7.73. The Morgan fingerprint density at radius 3 is 2.24 bits per heavy atom. The third-order valence-electron chi connectivity index (χ3n) is 3.73. The van der Waals surface area contributed by atoms with Crippen LogP contribution in [0, 0.1) is 17.0 Å². The van der Waals surface area contributed by atoms with Crippen LogP contribution in [0.15, 0.2) is 47.4 Å². The van der Waals surface area contributed by atoms with Crippen LogP contribution in [0.1, 0.15) is 16.7 Å². The maximum absolute atomic E-state index is 12.4. The van der Waals surface area contributed by atoms with Crippen molar-refractivity contribution in [2.45, 2.75) is 24.9 Å². The van der Waals surface area contributed by atoms with E-state index in [0.29, 0.717) is 5.56 Å².